The molecule has 78 valence electrons. The molecule has 0 aliphatic rings. The van der Waals surface area contributed by atoms with E-state index in [-0.39, 0.29) is 6.61 Å². The van der Waals surface area contributed by atoms with Crippen molar-refractivity contribution in [3.05, 3.63) is 30.1 Å². The first-order valence-corrected chi connectivity index (χ1v) is 4.51. The van der Waals surface area contributed by atoms with Gasteiger partial charge in [0.15, 0.2) is 6.20 Å². The average molecular weight is 196 g/mol. The molecule has 0 radical (unpaired) electrons. The highest BCUT2D eigenvalue weighted by atomic mass is 16.5. The predicted molar refractivity (Wildman–Crippen MR) is 50.5 cm³/mol. The molecule has 0 bridgehead atoms. The number of hydrogen-bond donors (Lipinski definition) is 1. The molecule has 0 amide bonds. The van der Waals surface area contributed by atoms with Crippen molar-refractivity contribution in [1.82, 2.24) is 0 Å². The van der Waals surface area contributed by atoms with Crippen molar-refractivity contribution in [2.45, 2.75) is 26.1 Å². The molecule has 0 fully saturated rings. The van der Waals surface area contributed by atoms with Crippen LogP contribution in [0.1, 0.15) is 19.4 Å². The number of ether oxygens (including phenoxy) is 1. The zero-order valence-electron chi connectivity index (χ0n) is 8.56. The van der Waals surface area contributed by atoms with Gasteiger partial charge in [-0.05, 0) is 6.07 Å². The number of nitrogens with two attached hydrogens (primary N) is 1. The van der Waals surface area contributed by atoms with E-state index in [0.29, 0.717) is 6.61 Å². The Bertz CT molecular complexity index is 294. The van der Waals surface area contributed by atoms with E-state index in [1.807, 2.05) is 12.1 Å². The second-order valence-corrected chi connectivity index (χ2v) is 3.91. The monoisotopic (exact) mass is 196 g/mol. The van der Waals surface area contributed by atoms with E-state index in [1.165, 1.54) is 4.68 Å². The molecule has 4 nitrogen and oxygen atoms in total. The second kappa shape index (κ2) is 4.39. The van der Waals surface area contributed by atoms with Crippen molar-refractivity contribution >= 4 is 0 Å². The summed E-state index contributed by atoms with van der Waals surface area (Å²) in [5, 5.41) is 11.2. The van der Waals surface area contributed by atoms with Crippen LogP contribution in [0.4, 0.5) is 0 Å². The molecule has 0 unspecified atom stereocenters. The quantitative estimate of drug-likeness (QED) is 0.514. The van der Waals surface area contributed by atoms with Crippen LogP contribution in [0.25, 0.3) is 0 Å². The topological polar surface area (TPSA) is 62.2 Å². The van der Waals surface area contributed by atoms with Crippen LogP contribution in [-0.2, 0) is 11.3 Å². The van der Waals surface area contributed by atoms with Crippen LogP contribution in [0, 0.1) is 0 Å². The molecule has 1 rings (SSSR count). The van der Waals surface area contributed by atoms with E-state index >= 15 is 0 Å². The fourth-order valence-electron chi connectivity index (χ4n) is 1.04. The van der Waals surface area contributed by atoms with Crippen molar-refractivity contribution < 1.29 is 14.5 Å². The van der Waals surface area contributed by atoms with Crippen LogP contribution in [0.15, 0.2) is 24.5 Å². The molecule has 0 saturated carbocycles. The molecule has 0 aliphatic carbocycles. The third-order valence-corrected chi connectivity index (χ3v) is 1.60. The zero-order valence-corrected chi connectivity index (χ0v) is 8.56. The molecule has 0 atom stereocenters. The summed E-state index contributed by atoms with van der Waals surface area (Å²) in [6.45, 7) is 3.82. The van der Waals surface area contributed by atoms with Crippen molar-refractivity contribution in [2.24, 2.45) is 0 Å². The van der Waals surface area contributed by atoms with Crippen LogP contribution in [-0.4, -0.2) is 12.2 Å². The van der Waals surface area contributed by atoms with Gasteiger partial charge in [-0.25, -0.2) is 5.84 Å². The first kappa shape index (κ1) is 10.9. The smallest absolute Gasteiger partial charge is 0.204 e. The number of aromatic nitrogens is 1. The van der Waals surface area contributed by atoms with Gasteiger partial charge in [-0.1, -0.05) is 24.1 Å². The number of nitrogens with zero attached hydrogens (tertiary/aromatic N) is 1. The van der Waals surface area contributed by atoms with Crippen molar-refractivity contribution in [2.75, 3.05) is 12.4 Å². The Kier molecular flexibility index (Phi) is 3.43. The maximum atomic E-state index is 11.2. The van der Waals surface area contributed by atoms with Gasteiger partial charge in [0.05, 0.1) is 6.61 Å². The highest BCUT2D eigenvalue weighted by molar-refractivity contribution is 5.03. The lowest BCUT2D eigenvalue weighted by molar-refractivity contribution is -0.639. The number of rotatable bonds is 4. The number of hydrogen-bond acceptors (Lipinski definition) is 3. The lowest BCUT2D eigenvalue weighted by atomic mass is 10.2. The van der Waals surface area contributed by atoms with Crippen LogP contribution < -0.4 is 15.6 Å². The molecule has 4 heteroatoms. The fraction of sp³-hybridized carbons (Fsp3) is 0.500. The molecule has 2 N–H and O–H groups in total. The molecular weight excluding hydrogens is 180 g/mol. The normalized spacial score (nSPS) is 11.6. The first-order chi connectivity index (χ1) is 6.47. The van der Waals surface area contributed by atoms with E-state index in [9.17, 15) is 5.11 Å². The van der Waals surface area contributed by atoms with Gasteiger partial charge in [-0.3, -0.25) is 0 Å². The average Bonchev–Trinajstić information content (AvgIpc) is 2.01. The van der Waals surface area contributed by atoms with Gasteiger partial charge in [0.25, 0.3) is 0 Å². The second-order valence-electron chi connectivity index (χ2n) is 3.91. The molecule has 0 aromatic carbocycles. The SMILES string of the molecule is CC(C)([O-])COCc1ccc[n+](N)c1. The molecule has 1 aromatic rings. The summed E-state index contributed by atoms with van der Waals surface area (Å²) in [4.78, 5) is 0. The Labute approximate surface area is 83.9 Å². The highest BCUT2D eigenvalue weighted by Gasteiger charge is 2.03. The zero-order chi connectivity index (χ0) is 10.6. The van der Waals surface area contributed by atoms with E-state index in [0.717, 1.165) is 5.56 Å². The minimum atomic E-state index is -1.03. The Balaban J connectivity index is 2.39. The minimum absolute atomic E-state index is 0.201. The minimum Gasteiger partial charge on any atom is -0.848 e. The lowest BCUT2D eigenvalue weighted by Crippen LogP contribution is -2.44. The first-order valence-electron chi connectivity index (χ1n) is 4.51. The largest absolute Gasteiger partial charge is 0.848 e. The summed E-state index contributed by atoms with van der Waals surface area (Å²) in [5.41, 5.74) is -0.0766. The maximum absolute atomic E-state index is 11.2. The summed E-state index contributed by atoms with van der Waals surface area (Å²) in [5.74, 6) is 5.52. The molecule has 0 saturated heterocycles. The Morgan fingerprint density at radius 3 is 2.86 bits per heavy atom. The Morgan fingerprint density at radius 2 is 2.29 bits per heavy atom. The van der Waals surface area contributed by atoms with Crippen LogP contribution in [0.5, 0.6) is 0 Å². The maximum Gasteiger partial charge on any atom is 0.204 e. The van der Waals surface area contributed by atoms with E-state index in [4.69, 9.17) is 10.6 Å². The molecule has 14 heavy (non-hydrogen) atoms. The van der Waals surface area contributed by atoms with Crippen LogP contribution in [0.2, 0.25) is 0 Å². The summed E-state index contributed by atoms with van der Waals surface area (Å²) in [6, 6.07) is 3.74. The van der Waals surface area contributed by atoms with Gasteiger partial charge < -0.3 is 9.84 Å². The number of pyridine rings is 1. The van der Waals surface area contributed by atoms with Gasteiger partial charge >= 0.3 is 0 Å². The van der Waals surface area contributed by atoms with Gasteiger partial charge in [0, 0.05) is 18.2 Å². The molecule has 0 aliphatic heterocycles. The summed E-state index contributed by atoms with van der Waals surface area (Å²) in [7, 11) is 0. The molecule has 1 aromatic heterocycles. The van der Waals surface area contributed by atoms with Crippen molar-refractivity contribution in [3.63, 3.8) is 0 Å². The Morgan fingerprint density at radius 1 is 1.57 bits per heavy atom. The molecular formula is C10H16N2O2. The third kappa shape index (κ3) is 4.20. The van der Waals surface area contributed by atoms with Crippen LogP contribution >= 0.6 is 0 Å². The van der Waals surface area contributed by atoms with E-state index in [1.54, 1.807) is 26.2 Å². The van der Waals surface area contributed by atoms with Gasteiger partial charge in [0.2, 0.25) is 6.20 Å². The summed E-state index contributed by atoms with van der Waals surface area (Å²) < 4.78 is 6.72. The standard InChI is InChI=1S/C10H16N2O2/c1-10(2,13)8-14-7-9-4-3-5-12(11)6-9/h3-6H,7-8,11H2,1-2H3. The highest BCUT2D eigenvalue weighted by Crippen LogP contribution is 2.01. The molecule has 0 spiro atoms. The van der Waals surface area contributed by atoms with E-state index < -0.39 is 5.60 Å². The van der Waals surface area contributed by atoms with Gasteiger partial charge in [-0.2, -0.15) is 0 Å². The van der Waals surface area contributed by atoms with E-state index in [2.05, 4.69) is 0 Å². The summed E-state index contributed by atoms with van der Waals surface area (Å²) >= 11 is 0. The van der Waals surface area contributed by atoms with Crippen molar-refractivity contribution in [1.29, 1.82) is 0 Å². The lowest BCUT2D eigenvalue weighted by Gasteiger charge is -2.30. The Hall–Kier alpha value is -1.13. The fourth-order valence-corrected chi connectivity index (χ4v) is 1.04. The van der Waals surface area contributed by atoms with Gasteiger partial charge in [-0.15, -0.1) is 0 Å². The van der Waals surface area contributed by atoms with Crippen LogP contribution in [0.3, 0.4) is 0 Å². The van der Waals surface area contributed by atoms with Gasteiger partial charge in [0.1, 0.15) is 0 Å². The summed E-state index contributed by atoms with van der Waals surface area (Å²) in [6.07, 6.45) is 3.50. The number of nitrogen functional groups attached to an aromatic ring is 1. The third-order valence-electron chi connectivity index (χ3n) is 1.60. The van der Waals surface area contributed by atoms with Crippen molar-refractivity contribution in [3.8, 4) is 0 Å². The predicted octanol–water partition coefficient (Wildman–Crippen LogP) is -0.657. The molecule has 1 heterocycles.